The van der Waals surface area contributed by atoms with Crippen molar-refractivity contribution in [2.75, 3.05) is 0 Å². The standard InChI is InChI=1S/C16H16NO2/c18-11-12-10-17(13-6-2-1-3-7-13)15-9-5-4-8-14(15)16(12)19/h4-5,8-10,13H,1-3,6-7H2. The first-order chi connectivity index (χ1) is 9.31. The minimum absolute atomic E-state index is 0.143. The molecule has 0 unspecified atom stereocenters. The number of hydrogen-bond donors (Lipinski definition) is 0. The van der Waals surface area contributed by atoms with Crippen molar-refractivity contribution >= 4 is 17.2 Å². The van der Waals surface area contributed by atoms with Gasteiger partial charge in [0.15, 0.2) is 0 Å². The van der Waals surface area contributed by atoms with Crippen molar-refractivity contribution in [2.45, 2.75) is 38.1 Å². The first kappa shape index (κ1) is 12.2. The molecule has 19 heavy (non-hydrogen) atoms. The van der Waals surface area contributed by atoms with E-state index in [4.69, 9.17) is 0 Å². The lowest BCUT2D eigenvalue weighted by atomic mass is 9.94. The van der Waals surface area contributed by atoms with Gasteiger partial charge in [0.2, 0.25) is 11.7 Å². The maximum absolute atomic E-state index is 12.1. The number of carbonyl (C=O) groups excluding carboxylic acids is 1. The lowest BCUT2D eigenvalue weighted by Crippen LogP contribution is -2.19. The molecule has 3 heteroatoms. The SMILES string of the molecule is O=[C]c1cn(C2CCCCC2)c2ccccc2c1=O. The van der Waals surface area contributed by atoms with Gasteiger partial charge in [-0.25, -0.2) is 0 Å². The zero-order valence-electron chi connectivity index (χ0n) is 10.8. The summed E-state index contributed by atoms with van der Waals surface area (Å²) in [6.45, 7) is 0. The Morgan fingerprint density at radius 1 is 1.11 bits per heavy atom. The Morgan fingerprint density at radius 2 is 1.84 bits per heavy atom. The number of benzene rings is 1. The van der Waals surface area contributed by atoms with Gasteiger partial charge >= 0.3 is 0 Å². The van der Waals surface area contributed by atoms with E-state index >= 15 is 0 Å². The monoisotopic (exact) mass is 254 g/mol. The molecule has 1 aliphatic carbocycles. The molecule has 3 nitrogen and oxygen atoms in total. The van der Waals surface area contributed by atoms with Crippen molar-refractivity contribution in [3.63, 3.8) is 0 Å². The topological polar surface area (TPSA) is 39.1 Å². The van der Waals surface area contributed by atoms with Gasteiger partial charge in [0.25, 0.3) is 0 Å². The summed E-state index contributed by atoms with van der Waals surface area (Å²) < 4.78 is 2.11. The van der Waals surface area contributed by atoms with Crippen LogP contribution >= 0.6 is 0 Å². The summed E-state index contributed by atoms with van der Waals surface area (Å²) in [6, 6.07) is 7.92. The molecule has 0 bridgehead atoms. The van der Waals surface area contributed by atoms with Gasteiger partial charge in [0, 0.05) is 17.6 Å². The fourth-order valence-corrected chi connectivity index (χ4v) is 3.04. The molecule has 0 atom stereocenters. The Bertz CT molecular complexity index is 666. The van der Waals surface area contributed by atoms with E-state index in [1.807, 2.05) is 18.2 Å². The van der Waals surface area contributed by atoms with Crippen LogP contribution in [-0.4, -0.2) is 10.9 Å². The Morgan fingerprint density at radius 3 is 2.58 bits per heavy atom. The molecule has 1 saturated carbocycles. The van der Waals surface area contributed by atoms with Crippen LogP contribution in [0.4, 0.5) is 0 Å². The van der Waals surface area contributed by atoms with Crippen molar-refractivity contribution in [2.24, 2.45) is 0 Å². The summed E-state index contributed by atoms with van der Waals surface area (Å²) in [6.07, 6.45) is 9.41. The van der Waals surface area contributed by atoms with Crippen LogP contribution in [0, 0.1) is 0 Å². The molecule has 3 rings (SSSR count). The Hall–Kier alpha value is -1.90. The number of para-hydroxylation sites is 1. The molecule has 1 aliphatic rings. The average molecular weight is 254 g/mol. The molecule has 0 aliphatic heterocycles. The molecule has 0 N–H and O–H groups in total. The fourth-order valence-electron chi connectivity index (χ4n) is 3.04. The van der Waals surface area contributed by atoms with E-state index < -0.39 is 0 Å². The van der Waals surface area contributed by atoms with Gasteiger partial charge in [0.1, 0.15) is 0 Å². The van der Waals surface area contributed by atoms with E-state index in [9.17, 15) is 9.59 Å². The van der Waals surface area contributed by atoms with E-state index in [0.717, 1.165) is 18.4 Å². The van der Waals surface area contributed by atoms with E-state index in [2.05, 4.69) is 4.57 Å². The Balaban J connectivity index is 2.25. The summed E-state index contributed by atoms with van der Waals surface area (Å²) in [4.78, 5) is 23.1. The summed E-state index contributed by atoms with van der Waals surface area (Å²) >= 11 is 0. The van der Waals surface area contributed by atoms with Crippen LogP contribution in [0.25, 0.3) is 10.9 Å². The van der Waals surface area contributed by atoms with Gasteiger partial charge in [0.05, 0.1) is 11.1 Å². The van der Waals surface area contributed by atoms with Crippen molar-refractivity contribution in [1.82, 2.24) is 4.57 Å². The van der Waals surface area contributed by atoms with Crippen LogP contribution in [0.15, 0.2) is 35.3 Å². The van der Waals surface area contributed by atoms with Crippen LogP contribution in [0.2, 0.25) is 0 Å². The minimum Gasteiger partial charge on any atom is -0.343 e. The number of rotatable bonds is 2. The second-order valence-corrected chi connectivity index (χ2v) is 5.19. The lowest BCUT2D eigenvalue weighted by Gasteiger charge is -2.26. The molecule has 1 fully saturated rings. The van der Waals surface area contributed by atoms with Crippen molar-refractivity contribution in [1.29, 1.82) is 0 Å². The third-order valence-electron chi connectivity index (χ3n) is 4.02. The molecule has 97 valence electrons. The summed E-state index contributed by atoms with van der Waals surface area (Å²) in [5.74, 6) is 0. The average Bonchev–Trinajstić information content (AvgIpc) is 2.49. The van der Waals surface area contributed by atoms with Crippen LogP contribution in [-0.2, 0) is 4.79 Å². The minimum atomic E-state index is -0.211. The molecule has 1 aromatic heterocycles. The molecule has 1 heterocycles. The van der Waals surface area contributed by atoms with Gasteiger partial charge in [-0.2, -0.15) is 0 Å². The van der Waals surface area contributed by atoms with Gasteiger partial charge < -0.3 is 4.57 Å². The van der Waals surface area contributed by atoms with E-state index in [0.29, 0.717) is 11.4 Å². The Labute approximate surface area is 111 Å². The predicted molar refractivity (Wildman–Crippen MR) is 75.1 cm³/mol. The maximum Gasteiger partial charge on any atom is 0.239 e. The molecule has 0 saturated heterocycles. The van der Waals surface area contributed by atoms with Gasteiger partial charge in [-0.05, 0) is 25.0 Å². The third-order valence-corrected chi connectivity index (χ3v) is 4.02. The van der Waals surface area contributed by atoms with Gasteiger partial charge in [-0.3, -0.25) is 9.59 Å². The third kappa shape index (κ3) is 2.09. The molecular weight excluding hydrogens is 238 g/mol. The number of aromatic nitrogens is 1. The van der Waals surface area contributed by atoms with E-state index in [1.165, 1.54) is 19.3 Å². The number of nitrogens with zero attached hydrogens (tertiary/aromatic N) is 1. The quantitative estimate of drug-likeness (QED) is 0.826. The highest BCUT2D eigenvalue weighted by atomic mass is 16.1. The molecule has 1 aromatic carbocycles. The molecular formula is C16H16NO2. The first-order valence-corrected chi connectivity index (χ1v) is 6.83. The largest absolute Gasteiger partial charge is 0.343 e. The Kier molecular flexibility index (Phi) is 3.20. The van der Waals surface area contributed by atoms with Crippen molar-refractivity contribution in [3.05, 3.63) is 46.2 Å². The first-order valence-electron chi connectivity index (χ1n) is 6.83. The van der Waals surface area contributed by atoms with Crippen LogP contribution in [0.3, 0.4) is 0 Å². The lowest BCUT2D eigenvalue weighted by molar-refractivity contribution is 0.359. The highest BCUT2D eigenvalue weighted by Gasteiger charge is 2.18. The van der Waals surface area contributed by atoms with Crippen molar-refractivity contribution in [3.8, 4) is 0 Å². The van der Waals surface area contributed by atoms with Crippen molar-refractivity contribution < 1.29 is 4.79 Å². The zero-order chi connectivity index (χ0) is 13.2. The normalized spacial score (nSPS) is 16.6. The number of fused-ring (bicyclic) bond motifs is 1. The number of hydrogen-bond acceptors (Lipinski definition) is 2. The van der Waals surface area contributed by atoms with Crippen LogP contribution in [0.1, 0.15) is 43.7 Å². The summed E-state index contributed by atoms with van der Waals surface area (Å²) in [5, 5.41) is 0.619. The van der Waals surface area contributed by atoms with Crippen LogP contribution in [0.5, 0.6) is 0 Å². The summed E-state index contributed by atoms with van der Waals surface area (Å²) in [7, 11) is 0. The highest BCUT2D eigenvalue weighted by Crippen LogP contribution is 2.30. The van der Waals surface area contributed by atoms with Gasteiger partial charge in [-0.15, -0.1) is 0 Å². The highest BCUT2D eigenvalue weighted by molar-refractivity contribution is 5.86. The second kappa shape index (κ2) is 5.00. The second-order valence-electron chi connectivity index (χ2n) is 5.19. The smallest absolute Gasteiger partial charge is 0.239 e. The molecule has 0 spiro atoms. The maximum atomic E-state index is 12.1. The summed E-state index contributed by atoms with van der Waals surface area (Å²) in [5.41, 5.74) is 0.861. The van der Waals surface area contributed by atoms with Gasteiger partial charge in [-0.1, -0.05) is 31.4 Å². The molecule has 1 radical (unpaired) electrons. The van der Waals surface area contributed by atoms with E-state index in [-0.39, 0.29) is 11.0 Å². The number of pyridine rings is 1. The zero-order valence-corrected chi connectivity index (χ0v) is 10.8. The molecule has 0 amide bonds. The van der Waals surface area contributed by atoms with E-state index in [1.54, 1.807) is 18.5 Å². The predicted octanol–water partition coefficient (Wildman–Crippen LogP) is 2.96. The van der Waals surface area contributed by atoms with Crippen LogP contribution < -0.4 is 5.43 Å². The fraction of sp³-hybridized carbons (Fsp3) is 0.375. The molecule has 2 aromatic rings.